The van der Waals surface area contributed by atoms with Crippen molar-refractivity contribution in [3.05, 3.63) is 72.8 Å². The molecule has 0 radical (unpaired) electrons. The normalized spacial score (nSPS) is 11.5. The van der Waals surface area contributed by atoms with E-state index < -0.39 is 18.9 Å². The molecule has 7 heteroatoms. The zero-order valence-corrected chi connectivity index (χ0v) is 15.3. The number of carbonyl (C=O) groups is 1. The van der Waals surface area contributed by atoms with Gasteiger partial charge in [0.25, 0.3) is 6.29 Å². The Morgan fingerprint density at radius 3 is 1.89 bits per heavy atom. The van der Waals surface area contributed by atoms with Crippen LogP contribution in [0.4, 0.5) is 0 Å². The molecule has 1 heterocycles. The Hall–Kier alpha value is -3.58. The average molecular weight is 377 g/mol. The van der Waals surface area contributed by atoms with Gasteiger partial charge in [0.1, 0.15) is 6.61 Å². The highest BCUT2D eigenvalue weighted by molar-refractivity contribution is 5.87. The lowest BCUT2D eigenvalue weighted by Gasteiger charge is -2.16. The average Bonchev–Trinajstić information content (AvgIpc) is 2.74. The lowest BCUT2D eigenvalue weighted by atomic mass is 10.2. The van der Waals surface area contributed by atoms with Gasteiger partial charge >= 0.3 is 12.0 Å². The standard InChI is InChI=1S/C21H19N3O4/c1-14(2)20(26)27-17(13-25)28-21-23-18(15-9-5-3-6-10-15)22-19(24-21)16-11-7-4-8-12-16/h3-12,17,25H,1,13H2,2H3. The highest BCUT2D eigenvalue weighted by Gasteiger charge is 2.19. The zero-order valence-electron chi connectivity index (χ0n) is 15.3. The summed E-state index contributed by atoms with van der Waals surface area (Å²) < 4.78 is 10.6. The van der Waals surface area contributed by atoms with Crippen LogP contribution in [0.5, 0.6) is 6.01 Å². The molecule has 1 N–H and O–H groups in total. The van der Waals surface area contributed by atoms with Crippen molar-refractivity contribution in [3.63, 3.8) is 0 Å². The minimum absolute atomic E-state index is 0.0683. The molecule has 1 atom stereocenters. The van der Waals surface area contributed by atoms with Crippen molar-refractivity contribution in [1.29, 1.82) is 0 Å². The summed E-state index contributed by atoms with van der Waals surface area (Å²) in [6, 6.07) is 18.6. The summed E-state index contributed by atoms with van der Waals surface area (Å²) in [5, 5.41) is 9.49. The molecule has 0 spiro atoms. The SMILES string of the molecule is C=C(C)C(=O)OC(CO)Oc1nc(-c2ccccc2)nc(-c2ccccc2)n1. The molecule has 0 aliphatic carbocycles. The summed E-state index contributed by atoms with van der Waals surface area (Å²) in [7, 11) is 0. The van der Waals surface area contributed by atoms with E-state index in [0.717, 1.165) is 11.1 Å². The van der Waals surface area contributed by atoms with E-state index in [4.69, 9.17) is 9.47 Å². The minimum atomic E-state index is -1.26. The molecule has 2 aromatic carbocycles. The fourth-order valence-electron chi connectivity index (χ4n) is 2.28. The summed E-state index contributed by atoms with van der Waals surface area (Å²) in [4.78, 5) is 24.8. The maximum Gasteiger partial charge on any atom is 0.336 e. The lowest BCUT2D eigenvalue weighted by molar-refractivity contribution is -0.164. The number of hydrogen-bond acceptors (Lipinski definition) is 7. The first-order valence-electron chi connectivity index (χ1n) is 8.57. The summed E-state index contributed by atoms with van der Waals surface area (Å²) in [5.74, 6) is 0.111. The molecule has 1 unspecified atom stereocenters. The van der Waals surface area contributed by atoms with Gasteiger partial charge in [0.05, 0.1) is 0 Å². The third-order valence-electron chi connectivity index (χ3n) is 3.65. The molecule has 0 aliphatic rings. The van der Waals surface area contributed by atoms with Crippen LogP contribution in [-0.2, 0) is 9.53 Å². The Morgan fingerprint density at radius 1 is 0.964 bits per heavy atom. The molecular formula is C21H19N3O4. The third-order valence-corrected chi connectivity index (χ3v) is 3.65. The van der Waals surface area contributed by atoms with Gasteiger partial charge in [-0.1, -0.05) is 67.2 Å². The van der Waals surface area contributed by atoms with Gasteiger partial charge in [-0.25, -0.2) is 9.78 Å². The second-order valence-electron chi connectivity index (χ2n) is 5.91. The van der Waals surface area contributed by atoms with Gasteiger partial charge in [-0.05, 0) is 6.92 Å². The van der Waals surface area contributed by atoms with Crippen LogP contribution >= 0.6 is 0 Å². The van der Waals surface area contributed by atoms with Crippen LogP contribution in [0, 0.1) is 0 Å². The summed E-state index contributed by atoms with van der Waals surface area (Å²) >= 11 is 0. The number of hydrogen-bond donors (Lipinski definition) is 1. The number of esters is 1. The van der Waals surface area contributed by atoms with Crippen LogP contribution in [0.3, 0.4) is 0 Å². The van der Waals surface area contributed by atoms with E-state index in [-0.39, 0.29) is 11.6 Å². The number of aliphatic hydroxyl groups is 1. The molecule has 3 aromatic rings. The van der Waals surface area contributed by atoms with Gasteiger partial charge in [-0.2, -0.15) is 9.97 Å². The molecule has 28 heavy (non-hydrogen) atoms. The van der Waals surface area contributed by atoms with Gasteiger partial charge in [0.2, 0.25) is 0 Å². The van der Waals surface area contributed by atoms with Gasteiger partial charge in [0.15, 0.2) is 11.6 Å². The molecule has 0 amide bonds. The number of benzene rings is 2. The topological polar surface area (TPSA) is 94.4 Å². The van der Waals surface area contributed by atoms with E-state index >= 15 is 0 Å². The number of ether oxygens (including phenoxy) is 2. The zero-order chi connectivity index (χ0) is 19.9. The van der Waals surface area contributed by atoms with Gasteiger partial charge < -0.3 is 14.6 Å². The van der Waals surface area contributed by atoms with Crippen molar-refractivity contribution in [3.8, 4) is 28.8 Å². The van der Waals surface area contributed by atoms with Crippen LogP contribution < -0.4 is 4.74 Å². The maximum absolute atomic E-state index is 11.7. The Balaban J connectivity index is 1.97. The molecular weight excluding hydrogens is 358 g/mol. The predicted molar refractivity (Wildman–Crippen MR) is 103 cm³/mol. The number of aliphatic hydroxyl groups excluding tert-OH is 1. The quantitative estimate of drug-likeness (QED) is 0.384. The van der Waals surface area contributed by atoms with E-state index in [9.17, 15) is 9.90 Å². The Labute approximate surface area is 162 Å². The number of carbonyl (C=O) groups excluding carboxylic acids is 1. The fourth-order valence-corrected chi connectivity index (χ4v) is 2.28. The molecule has 0 aliphatic heterocycles. The second kappa shape index (κ2) is 8.88. The Kier molecular flexibility index (Phi) is 6.08. The smallest absolute Gasteiger partial charge is 0.336 e. The number of nitrogens with zero attached hydrogens (tertiary/aromatic N) is 3. The van der Waals surface area contributed by atoms with Crippen molar-refractivity contribution in [2.45, 2.75) is 13.2 Å². The highest BCUT2D eigenvalue weighted by atomic mass is 16.7. The minimum Gasteiger partial charge on any atom is -0.420 e. The van der Waals surface area contributed by atoms with Crippen LogP contribution in [-0.4, -0.2) is 38.9 Å². The monoisotopic (exact) mass is 377 g/mol. The molecule has 0 saturated heterocycles. The van der Waals surface area contributed by atoms with Crippen molar-refractivity contribution in [2.75, 3.05) is 6.61 Å². The van der Waals surface area contributed by atoms with Gasteiger partial charge in [0, 0.05) is 16.7 Å². The van der Waals surface area contributed by atoms with Gasteiger partial charge in [-0.15, -0.1) is 0 Å². The first-order valence-corrected chi connectivity index (χ1v) is 8.57. The molecule has 1 aromatic heterocycles. The van der Waals surface area contributed by atoms with E-state index in [0.29, 0.717) is 11.6 Å². The van der Waals surface area contributed by atoms with Crippen molar-refractivity contribution in [2.24, 2.45) is 0 Å². The van der Waals surface area contributed by atoms with Crippen molar-refractivity contribution < 1.29 is 19.4 Å². The van der Waals surface area contributed by atoms with E-state index in [1.54, 1.807) is 0 Å². The van der Waals surface area contributed by atoms with Crippen molar-refractivity contribution in [1.82, 2.24) is 15.0 Å². The fraction of sp³-hybridized carbons (Fsp3) is 0.143. The van der Waals surface area contributed by atoms with Crippen LogP contribution in [0.1, 0.15) is 6.92 Å². The predicted octanol–water partition coefficient (Wildman–Crippen LogP) is 3.02. The van der Waals surface area contributed by atoms with Crippen LogP contribution in [0.15, 0.2) is 72.8 Å². The molecule has 142 valence electrons. The van der Waals surface area contributed by atoms with E-state index in [2.05, 4.69) is 21.5 Å². The first-order chi connectivity index (χ1) is 13.6. The highest BCUT2D eigenvalue weighted by Crippen LogP contribution is 2.22. The number of aromatic nitrogens is 3. The largest absolute Gasteiger partial charge is 0.420 e. The second-order valence-corrected chi connectivity index (χ2v) is 5.91. The van der Waals surface area contributed by atoms with Crippen LogP contribution in [0.2, 0.25) is 0 Å². The summed E-state index contributed by atoms with van der Waals surface area (Å²) in [5.41, 5.74) is 1.73. The molecule has 3 rings (SSSR count). The first kappa shape index (κ1) is 19.2. The van der Waals surface area contributed by atoms with Crippen LogP contribution in [0.25, 0.3) is 22.8 Å². The van der Waals surface area contributed by atoms with Crippen molar-refractivity contribution >= 4 is 5.97 Å². The van der Waals surface area contributed by atoms with E-state index in [1.165, 1.54) is 6.92 Å². The third kappa shape index (κ3) is 4.77. The summed E-state index contributed by atoms with van der Waals surface area (Å²) in [6.45, 7) is 4.44. The molecule has 0 fully saturated rings. The van der Waals surface area contributed by atoms with Gasteiger partial charge in [-0.3, -0.25) is 0 Å². The van der Waals surface area contributed by atoms with E-state index in [1.807, 2.05) is 60.7 Å². The maximum atomic E-state index is 11.7. The molecule has 0 saturated carbocycles. The number of rotatable bonds is 7. The Morgan fingerprint density at radius 2 is 1.46 bits per heavy atom. The lowest BCUT2D eigenvalue weighted by Crippen LogP contribution is -2.29. The molecule has 7 nitrogen and oxygen atoms in total. The Bertz CT molecular complexity index is 904. The summed E-state index contributed by atoms with van der Waals surface area (Å²) in [6.07, 6.45) is -1.26. The molecule has 0 bridgehead atoms.